The molecule has 20 heavy (non-hydrogen) atoms. The monoisotopic (exact) mass is 273 g/mol. The highest BCUT2D eigenvalue weighted by Gasteiger charge is 2.14. The molecule has 0 aliphatic heterocycles. The molecule has 5 heteroatoms. The summed E-state index contributed by atoms with van der Waals surface area (Å²) in [5, 5.41) is 9.25. The molecule has 0 bridgehead atoms. The third-order valence-corrected chi connectivity index (χ3v) is 2.97. The minimum atomic E-state index is -1.00. The van der Waals surface area contributed by atoms with E-state index < -0.39 is 5.97 Å². The van der Waals surface area contributed by atoms with E-state index in [1.807, 2.05) is 0 Å². The number of carboxylic acids is 1. The van der Waals surface area contributed by atoms with Crippen LogP contribution in [0.4, 0.5) is 5.69 Å². The van der Waals surface area contributed by atoms with Crippen molar-refractivity contribution in [2.45, 2.75) is 0 Å². The molecule has 0 saturated carbocycles. The van der Waals surface area contributed by atoms with Crippen molar-refractivity contribution in [1.29, 1.82) is 0 Å². The molecule has 3 N–H and O–H groups in total. The minimum Gasteiger partial charge on any atom is -0.493 e. The second-order valence-corrected chi connectivity index (χ2v) is 4.18. The molecule has 5 nitrogen and oxygen atoms in total. The van der Waals surface area contributed by atoms with Gasteiger partial charge in [0.25, 0.3) is 0 Å². The van der Waals surface area contributed by atoms with E-state index in [9.17, 15) is 9.90 Å². The number of benzene rings is 2. The molecule has 0 spiro atoms. The summed E-state index contributed by atoms with van der Waals surface area (Å²) in [4.78, 5) is 11.3. The molecule has 0 fully saturated rings. The zero-order valence-corrected chi connectivity index (χ0v) is 11.2. The molecule has 0 heterocycles. The zero-order chi connectivity index (χ0) is 14.7. The molecule has 0 aliphatic carbocycles. The quantitative estimate of drug-likeness (QED) is 0.837. The molecule has 2 aromatic rings. The van der Waals surface area contributed by atoms with Crippen LogP contribution in [0.1, 0.15) is 10.4 Å². The first-order valence-electron chi connectivity index (χ1n) is 5.92. The van der Waals surface area contributed by atoms with E-state index in [4.69, 9.17) is 15.2 Å². The van der Waals surface area contributed by atoms with Crippen LogP contribution in [0.2, 0.25) is 0 Å². The molecule has 2 aromatic carbocycles. The Morgan fingerprint density at radius 1 is 1.05 bits per heavy atom. The largest absolute Gasteiger partial charge is 0.493 e. The number of hydrogen-bond acceptors (Lipinski definition) is 4. The number of carboxylic acid groups (broad SMARTS) is 1. The number of methoxy groups -OCH3 is 2. The molecule has 0 atom stereocenters. The zero-order valence-electron chi connectivity index (χ0n) is 11.2. The normalized spacial score (nSPS) is 10.1. The lowest BCUT2D eigenvalue weighted by atomic mass is 9.98. The number of rotatable bonds is 4. The lowest BCUT2D eigenvalue weighted by molar-refractivity contribution is 0.0698. The van der Waals surface area contributed by atoms with Crippen LogP contribution in [-0.4, -0.2) is 25.3 Å². The van der Waals surface area contributed by atoms with Crippen molar-refractivity contribution in [2.24, 2.45) is 0 Å². The van der Waals surface area contributed by atoms with Crippen molar-refractivity contribution in [3.8, 4) is 22.6 Å². The number of nitrogens with two attached hydrogens (primary N) is 1. The van der Waals surface area contributed by atoms with E-state index in [2.05, 4.69) is 0 Å². The van der Waals surface area contributed by atoms with Crippen LogP contribution in [0.25, 0.3) is 11.1 Å². The van der Waals surface area contributed by atoms with Gasteiger partial charge in [-0.1, -0.05) is 6.07 Å². The molecule has 0 unspecified atom stereocenters. The van der Waals surface area contributed by atoms with Crippen LogP contribution in [0.15, 0.2) is 36.4 Å². The standard InChI is InChI=1S/C15H15NO4/c1-19-13-6-3-9(7-14(13)20-2)12-8-10(16)4-5-11(12)15(17)18/h3-8H,16H2,1-2H3,(H,17,18). The predicted molar refractivity (Wildman–Crippen MR) is 76.4 cm³/mol. The van der Waals surface area contributed by atoms with Crippen molar-refractivity contribution in [3.63, 3.8) is 0 Å². The van der Waals surface area contributed by atoms with Gasteiger partial charge in [0.05, 0.1) is 19.8 Å². The first kappa shape index (κ1) is 13.7. The summed E-state index contributed by atoms with van der Waals surface area (Å²) in [5.74, 6) is 0.107. The molecule has 0 aliphatic rings. The second kappa shape index (κ2) is 5.52. The highest BCUT2D eigenvalue weighted by molar-refractivity contribution is 5.97. The van der Waals surface area contributed by atoms with Crippen molar-refractivity contribution >= 4 is 11.7 Å². The summed E-state index contributed by atoms with van der Waals surface area (Å²) in [6.07, 6.45) is 0. The fraction of sp³-hybridized carbons (Fsp3) is 0.133. The Morgan fingerprint density at radius 2 is 1.75 bits per heavy atom. The van der Waals surface area contributed by atoms with Gasteiger partial charge in [0.1, 0.15) is 0 Å². The highest BCUT2D eigenvalue weighted by atomic mass is 16.5. The topological polar surface area (TPSA) is 81.8 Å². The lowest BCUT2D eigenvalue weighted by Gasteiger charge is -2.12. The van der Waals surface area contributed by atoms with E-state index in [0.717, 1.165) is 0 Å². The summed E-state index contributed by atoms with van der Waals surface area (Å²) in [6.45, 7) is 0. The lowest BCUT2D eigenvalue weighted by Crippen LogP contribution is -2.01. The Kier molecular flexibility index (Phi) is 3.79. The van der Waals surface area contributed by atoms with Crippen LogP contribution in [-0.2, 0) is 0 Å². The van der Waals surface area contributed by atoms with Gasteiger partial charge in [0.15, 0.2) is 11.5 Å². The van der Waals surface area contributed by atoms with E-state index in [-0.39, 0.29) is 5.56 Å². The van der Waals surface area contributed by atoms with E-state index in [1.165, 1.54) is 13.2 Å². The SMILES string of the molecule is COc1ccc(-c2cc(N)ccc2C(=O)O)cc1OC. The van der Waals surface area contributed by atoms with Gasteiger partial charge in [-0.25, -0.2) is 4.79 Å². The fourth-order valence-electron chi connectivity index (χ4n) is 1.99. The molecule has 0 radical (unpaired) electrons. The Morgan fingerprint density at radius 3 is 2.35 bits per heavy atom. The number of nitrogen functional groups attached to an aromatic ring is 1. The number of aromatic carboxylic acids is 1. The minimum absolute atomic E-state index is 0.186. The number of hydrogen-bond donors (Lipinski definition) is 2. The van der Waals surface area contributed by atoms with Gasteiger partial charge in [-0.15, -0.1) is 0 Å². The maximum Gasteiger partial charge on any atom is 0.336 e. The number of ether oxygens (including phenoxy) is 2. The molecular weight excluding hydrogens is 258 g/mol. The molecule has 0 saturated heterocycles. The first-order valence-corrected chi connectivity index (χ1v) is 5.92. The third-order valence-electron chi connectivity index (χ3n) is 2.97. The van der Waals surface area contributed by atoms with Gasteiger partial charge in [-0.2, -0.15) is 0 Å². The summed E-state index contributed by atoms with van der Waals surface area (Å²) in [7, 11) is 3.07. The third kappa shape index (κ3) is 2.51. The second-order valence-electron chi connectivity index (χ2n) is 4.18. The van der Waals surface area contributed by atoms with Crippen LogP contribution in [0, 0.1) is 0 Å². The van der Waals surface area contributed by atoms with Gasteiger partial charge < -0.3 is 20.3 Å². The van der Waals surface area contributed by atoms with Crippen LogP contribution in [0.5, 0.6) is 11.5 Å². The van der Waals surface area contributed by atoms with Crippen molar-refractivity contribution in [3.05, 3.63) is 42.0 Å². The van der Waals surface area contributed by atoms with Gasteiger partial charge in [-0.05, 0) is 41.5 Å². The molecule has 2 rings (SSSR count). The molecule has 104 valence electrons. The Bertz CT molecular complexity index is 652. The van der Waals surface area contributed by atoms with Crippen LogP contribution >= 0.6 is 0 Å². The average Bonchev–Trinajstić information content (AvgIpc) is 2.46. The van der Waals surface area contributed by atoms with Crippen molar-refractivity contribution in [1.82, 2.24) is 0 Å². The Labute approximate surface area is 116 Å². The maximum absolute atomic E-state index is 11.3. The molecule has 0 aromatic heterocycles. The maximum atomic E-state index is 11.3. The molecular formula is C15H15NO4. The highest BCUT2D eigenvalue weighted by Crippen LogP contribution is 2.34. The van der Waals surface area contributed by atoms with E-state index in [1.54, 1.807) is 37.4 Å². The Balaban J connectivity index is 2.61. The summed E-state index contributed by atoms with van der Waals surface area (Å²) >= 11 is 0. The summed E-state index contributed by atoms with van der Waals surface area (Å²) in [6, 6.07) is 9.90. The Hall–Kier alpha value is -2.69. The van der Waals surface area contributed by atoms with Crippen LogP contribution < -0.4 is 15.2 Å². The molecule has 0 amide bonds. The van der Waals surface area contributed by atoms with Gasteiger partial charge in [-0.3, -0.25) is 0 Å². The fourth-order valence-corrected chi connectivity index (χ4v) is 1.99. The summed E-state index contributed by atoms with van der Waals surface area (Å²) < 4.78 is 10.4. The smallest absolute Gasteiger partial charge is 0.336 e. The average molecular weight is 273 g/mol. The van der Waals surface area contributed by atoms with Crippen LogP contribution in [0.3, 0.4) is 0 Å². The van der Waals surface area contributed by atoms with Gasteiger partial charge in [0.2, 0.25) is 0 Å². The first-order chi connectivity index (χ1) is 9.56. The van der Waals surface area contributed by atoms with Gasteiger partial charge >= 0.3 is 5.97 Å². The van der Waals surface area contributed by atoms with Crippen molar-refractivity contribution < 1.29 is 19.4 Å². The summed E-state index contributed by atoms with van der Waals surface area (Å²) in [5.41, 5.74) is 7.67. The number of carbonyl (C=O) groups is 1. The van der Waals surface area contributed by atoms with E-state index in [0.29, 0.717) is 28.3 Å². The predicted octanol–water partition coefficient (Wildman–Crippen LogP) is 2.65. The number of anilines is 1. The van der Waals surface area contributed by atoms with Crippen molar-refractivity contribution in [2.75, 3.05) is 20.0 Å². The van der Waals surface area contributed by atoms with Gasteiger partial charge in [0, 0.05) is 5.69 Å². The van der Waals surface area contributed by atoms with E-state index >= 15 is 0 Å².